The second kappa shape index (κ2) is 17.9. The average molecular weight is 1030 g/mol. The summed E-state index contributed by atoms with van der Waals surface area (Å²) in [5.74, 6) is -0.796. The number of halogens is 13. The van der Waals surface area contributed by atoms with E-state index in [1.807, 2.05) is 53.7 Å². The fraction of sp³-hybridized carbons (Fsp3) is 0.385. The first kappa shape index (κ1) is 47.5. The van der Waals surface area contributed by atoms with E-state index in [4.69, 9.17) is 9.47 Å². The first-order valence-corrected chi connectivity index (χ1v) is 20.7. The molecule has 0 unspecified atom stereocenters. The molecular weight excluding hydrogens is 992 g/mol. The maximum atomic E-state index is 14.3. The number of alkyl halides is 12. The van der Waals surface area contributed by atoms with Gasteiger partial charge < -0.3 is 9.47 Å². The van der Waals surface area contributed by atoms with Gasteiger partial charge in [0.25, 0.3) is 0 Å². The van der Waals surface area contributed by atoms with E-state index < -0.39 is 65.5 Å². The Labute approximate surface area is 334 Å². The fourth-order valence-electron chi connectivity index (χ4n) is 6.14. The Bertz CT molecular complexity index is 1830. The zero-order valence-electron chi connectivity index (χ0n) is 31.0. The predicted molar refractivity (Wildman–Crippen MR) is 192 cm³/mol. The molecule has 0 aliphatic heterocycles. The molecule has 4 aromatic carbocycles. The van der Waals surface area contributed by atoms with Crippen molar-refractivity contribution in [2.75, 3.05) is 14.2 Å². The van der Waals surface area contributed by atoms with E-state index in [0.717, 1.165) is 12.7 Å². The Hall–Kier alpha value is -2.90. The van der Waals surface area contributed by atoms with Crippen LogP contribution in [0.1, 0.15) is 98.2 Å². The van der Waals surface area contributed by atoms with Crippen molar-refractivity contribution in [2.45, 2.75) is 84.0 Å². The van der Waals surface area contributed by atoms with E-state index >= 15 is 0 Å². The van der Waals surface area contributed by atoms with Crippen LogP contribution in [0.3, 0.4) is 0 Å². The summed E-state index contributed by atoms with van der Waals surface area (Å²) < 4.78 is 183. The third-order valence-corrected chi connectivity index (χ3v) is 11.3. The summed E-state index contributed by atoms with van der Waals surface area (Å²) in [5, 5.41) is -1.90. The molecule has 0 spiro atoms. The quantitative estimate of drug-likeness (QED) is 0.0945. The molecule has 56 heavy (non-hydrogen) atoms. The summed E-state index contributed by atoms with van der Waals surface area (Å²) >= 11 is 1.75. The molecule has 0 aliphatic rings. The fourth-order valence-corrected chi connectivity index (χ4v) is 8.86. The van der Waals surface area contributed by atoms with E-state index in [9.17, 15) is 52.7 Å². The van der Waals surface area contributed by atoms with Gasteiger partial charge in [-0.2, -0.15) is 52.7 Å². The van der Waals surface area contributed by atoms with Crippen LogP contribution in [-0.4, -0.2) is 14.2 Å². The van der Waals surface area contributed by atoms with Crippen molar-refractivity contribution >= 4 is 33.0 Å². The Morgan fingerprint density at radius 2 is 0.804 bits per heavy atom. The van der Waals surface area contributed by atoms with Gasteiger partial charge in [0.05, 0.1) is 36.5 Å². The number of hydrogen-bond acceptors (Lipinski definition) is 2. The number of ether oxygens (including phenoxy) is 2. The van der Waals surface area contributed by atoms with Crippen molar-refractivity contribution in [3.63, 3.8) is 0 Å². The van der Waals surface area contributed by atoms with E-state index in [2.05, 4.69) is 9.19 Å². The molecule has 0 N–H and O–H groups in total. The Kier molecular flexibility index (Phi) is 15.2. The van der Waals surface area contributed by atoms with Gasteiger partial charge in [0.2, 0.25) is 0 Å². The number of hydrogen-bond donors (Lipinski definition) is 0. The number of benzene rings is 4. The molecule has 0 atom stereocenters. The summed E-state index contributed by atoms with van der Waals surface area (Å²) in [5.41, 5.74) is -4.60. The van der Waals surface area contributed by atoms with Crippen LogP contribution in [0.4, 0.5) is 52.7 Å². The summed E-state index contributed by atoms with van der Waals surface area (Å²) in [6, 6.07) is 7.40. The molecule has 0 saturated heterocycles. The molecule has 0 heterocycles. The van der Waals surface area contributed by atoms with Crippen LogP contribution >= 0.6 is 17.1 Å². The zero-order chi connectivity index (χ0) is 42.9. The molecule has 0 fully saturated rings. The minimum atomic E-state index is -5.40. The second-order valence-corrected chi connectivity index (χ2v) is 15.7. The van der Waals surface area contributed by atoms with Crippen LogP contribution in [0.15, 0.2) is 60.7 Å². The molecule has 17 heteroatoms. The SMILES string of the molecule is COc1ccc(OC)c(P(c2cc(C(F)(F)F)cc(C(F)(F)F)c2)c2cc(C(F)(F)F)cc(C(F)(F)F)c2)c1-c1c(C(C)C)cc(C(C)C)cc1C(C)C.[Cl][Au]. The average Bonchev–Trinajstić information content (AvgIpc) is 3.10. The molecule has 0 bridgehead atoms. The van der Waals surface area contributed by atoms with Crippen LogP contribution in [0.2, 0.25) is 0 Å². The molecule has 0 amide bonds. The molecule has 4 aromatic rings. The molecule has 0 aromatic heterocycles. The monoisotopic (exact) mass is 1030 g/mol. The van der Waals surface area contributed by atoms with Gasteiger partial charge in [-0.3, -0.25) is 0 Å². The van der Waals surface area contributed by atoms with Gasteiger partial charge >= 0.3 is 53.9 Å². The van der Waals surface area contributed by atoms with Crippen LogP contribution < -0.4 is 25.4 Å². The molecule has 4 rings (SSSR count). The van der Waals surface area contributed by atoms with Crippen LogP contribution in [-0.2, 0) is 44.7 Å². The van der Waals surface area contributed by atoms with Crippen molar-refractivity contribution in [3.8, 4) is 22.6 Å². The van der Waals surface area contributed by atoms with Gasteiger partial charge in [-0.25, -0.2) is 0 Å². The topological polar surface area (TPSA) is 18.5 Å². The van der Waals surface area contributed by atoms with Crippen molar-refractivity contribution in [1.29, 1.82) is 0 Å². The van der Waals surface area contributed by atoms with E-state index in [1.165, 1.54) is 19.2 Å². The molecule has 0 radical (unpaired) electrons. The van der Waals surface area contributed by atoms with Gasteiger partial charge in [0, 0.05) is 10.9 Å². The van der Waals surface area contributed by atoms with Gasteiger partial charge in [-0.05, 0) is 107 Å². The van der Waals surface area contributed by atoms with Gasteiger partial charge in [-0.1, -0.05) is 53.7 Å². The second-order valence-electron chi connectivity index (χ2n) is 13.6. The number of rotatable bonds is 9. The minimum absolute atomic E-state index is 0.00496. The van der Waals surface area contributed by atoms with Gasteiger partial charge in [-0.15, -0.1) is 0 Å². The van der Waals surface area contributed by atoms with Crippen LogP contribution in [0.25, 0.3) is 11.1 Å². The van der Waals surface area contributed by atoms with Crippen LogP contribution in [0, 0.1) is 0 Å². The summed E-state index contributed by atoms with van der Waals surface area (Å²) in [6.45, 7) is 11.2. The third kappa shape index (κ3) is 10.6. The predicted octanol–water partition coefficient (Wildman–Crippen LogP) is 13.3. The van der Waals surface area contributed by atoms with Gasteiger partial charge in [0.15, 0.2) is 0 Å². The Balaban J connectivity index is 0.00000414. The molecule has 2 nitrogen and oxygen atoms in total. The van der Waals surface area contributed by atoms with Crippen molar-refractivity contribution < 1.29 is 82.1 Å². The van der Waals surface area contributed by atoms with Crippen LogP contribution in [0.5, 0.6) is 11.5 Å². The first-order valence-electron chi connectivity index (χ1n) is 16.6. The summed E-state index contributed by atoms with van der Waals surface area (Å²) in [6.07, 6.45) is -21.6. The standard InChI is InChI=1S/C39H37F12O2P.Au.ClH/c1-19(2)22-11-29(20(3)4)33(30(12-22)21(5)6)34-31(52-7)9-10-32(53-8)35(34)54(27-15-23(36(40,41)42)13-24(16-27)37(43,44)45)28-17-25(38(46,47)48)14-26(18-28)39(49,50)51;;/h9-21H,1-8H3;;1H/q;+1;/p-1. The molecular formula is C39H37AuClF12O2P. The van der Waals surface area contributed by atoms with E-state index in [0.29, 0.717) is 41.0 Å². The van der Waals surface area contributed by atoms with Crippen molar-refractivity contribution in [2.24, 2.45) is 0 Å². The van der Waals surface area contributed by atoms with E-state index in [1.54, 1.807) is 20.0 Å². The normalized spacial score (nSPS) is 12.8. The molecule has 0 saturated carbocycles. The Morgan fingerprint density at radius 3 is 1.07 bits per heavy atom. The van der Waals surface area contributed by atoms with Gasteiger partial charge in [0.1, 0.15) is 11.5 Å². The molecule has 0 aliphatic carbocycles. The Morgan fingerprint density at radius 1 is 0.482 bits per heavy atom. The summed E-state index contributed by atoms with van der Waals surface area (Å²) in [4.78, 5) is 0. The zero-order valence-corrected chi connectivity index (χ0v) is 34.8. The third-order valence-electron chi connectivity index (χ3n) is 8.81. The van der Waals surface area contributed by atoms with E-state index in [-0.39, 0.29) is 52.3 Å². The summed E-state index contributed by atoms with van der Waals surface area (Å²) in [7, 11) is 3.76. The van der Waals surface area contributed by atoms with Crippen molar-refractivity contribution in [3.05, 3.63) is 99.6 Å². The first-order chi connectivity index (χ1) is 25.7. The maximum absolute atomic E-state index is 14.3. The number of methoxy groups -OCH3 is 2. The van der Waals surface area contributed by atoms with Crippen molar-refractivity contribution in [1.82, 2.24) is 0 Å². The molecule has 312 valence electrons.